The molecule has 0 aliphatic carbocycles. The van der Waals surface area contributed by atoms with E-state index in [1.165, 1.54) is 0 Å². The molecular formula is C63H45N7NiO2. The van der Waals surface area contributed by atoms with E-state index in [2.05, 4.69) is 148 Å². The molecule has 0 N–H and O–H groups in total. The predicted octanol–water partition coefficient (Wildman–Crippen LogP) is 13.5. The molecular weight excluding hydrogens is 945 g/mol. The summed E-state index contributed by atoms with van der Waals surface area (Å²) >= 11 is 0. The van der Waals surface area contributed by atoms with Gasteiger partial charge in [-0.05, 0) is 134 Å². The number of hydrogen-bond donors (Lipinski definition) is 0. The molecule has 6 aromatic heterocycles. The topological polar surface area (TPSA) is 111 Å². The fourth-order valence-electron chi connectivity index (χ4n) is 9.79. The average molecular weight is 991 g/mol. The molecule has 0 fully saturated rings. The largest absolute Gasteiger partial charge is 2.00 e. The molecule has 9 nitrogen and oxygen atoms in total. The first-order chi connectivity index (χ1) is 35.7. The third-order valence-corrected chi connectivity index (χ3v) is 13.1. The van der Waals surface area contributed by atoms with Crippen LogP contribution in [0.4, 0.5) is 0 Å². The van der Waals surface area contributed by atoms with Gasteiger partial charge in [-0.2, -0.15) is 0 Å². The number of fused-ring (bicyclic) bond motifs is 8. The molecule has 4 aromatic carbocycles. The van der Waals surface area contributed by atoms with Crippen molar-refractivity contribution in [1.82, 2.24) is 34.9 Å². The van der Waals surface area contributed by atoms with Gasteiger partial charge in [-0.15, -0.1) is 22.1 Å². The Morgan fingerprint density at radius 2 is 0.685 bits per heavy atom. The Bertz CT molecular complexity index is 3620. The van der Waals surface area contributed by atoms with Crippen molar-refractivity contribution in [1.29, 1.82) is 0 Å². The monoisotopic (exact) mass is 989 g/mol. The molecule has 2 aliphatic heterocycles. The Kier molecular flexibility index (Phi) is 13.3. The van der Waals surface area contributed by atoms with Crippen molar-refractivity contribution >= 4 is 46.4 Å². The smallest absolute Gasteiger partial charge is 0.657 e. The maximum atomic E-state index is 7.03. The van der Waals surface area contributed by atoms with Crippen LogP contribution >= 0.6 is 0 Å². The number of aromatic nitrogens is 7. The summed E-state index contributed by atoms with van der Waals surface area (Å²) in [6, 6.07) is 59.8. The third kappa shape index (κ3) is 9.22. The van der Waals surface area contributed by atoms with Crippen molar-refractivity contribution in [3.8, 4) is 50.3 Å². The van der Waals surface area contributed by atoms with Crippen LogP contribution in [0.15, 0.2) is 213 Å². The fourth-order valence-corrected chi connectivity index (χ4v) is 9.79. The second-order valence-electron chi connectivity index (χ2n) is 17.4. The van der Waals surface area contributed by atoms with Crippen LogP contribution in [0.2, 0.25) is 0 Å². The molecule has 0 atom stereocenters. The average Bonchev–Trinajstić information content (AvgIpc) is 4.31. The molecule has 2 aliphatic rings. The van der Waals surface area contributed by atoms with Gasteiger partial charge < -0.3 is 19.4 Å². The Labute approximate surface area is 433 Å². The van der Waals surface area contributed by atoms with Gasteiger partial charge in [0, 0.05) is 43.6 Å². The molecule has 0 spiro atoms. The Balaban J connectivity index is 0.00000574. The van der Waals surface area contributed by atoms with Crippen molar-refractivity contribution in [2.24, 2.45) is 0 Å². The minimum atomic E-state index is -0.794. The quantitative estimate of drug-likeness (QED) is 0.0633. The van der Waals surface area contributed by atoms with E-state index >= 15 is 0 Å². The minimum Gasteiger partial charge on any atom is -0.657 e. The van der Waals surface area contributed by atoms with Gasteiger partial charge in [0.15, 0.2) is 0 Å². The summed E-state index contributed by atoms with van der Waals surface area (Å²) in [6.45, 7) is 0.929. The summed E-state index contributed by atoms with van der Waals surface area (Å²) in [5.41, 5.74) is 16.0. The van der Waals surface area contributed by atoms with Crippen molar-refractivity contribution in [3.63, 3.8) is 0 Å². The number of rotatable bonds is 13. The van der Waals surface area contributed by atoms with E-state index < -0.39 is 5.60 Å². The predicted molar refractivity (Wildman–Crippen MR) is 287 cm³/mol. The Morgan fingerprint density at radius 3 is 1.03 bits per heavy atom. The summed E-state index contributed by atoms with van der Waals surface area (Å²) in [6.07, 6.45) is 19.7. The van der Waals surface area contributed by atoms with Crippen molar-refractivity contribution < 1.29 is 26.0 Å². The van der Waals surface area contributed by atoms with E-state index in [1.807, 2.05) is 66.7 Å². The molecule has 10 heteroatoms. The molecule has 8 bridgehead atoms. The number of benzene rings is 4. The zero-order chi connectivity index (χ0) is 48.1. The van der Waals surface area contributed by atoms with Gasteiger partial charge in [0.2, 0.25) is 0 Å². The molecule has 0 saturated heterocycles. The maximum absolute atomic E-state index is 7.03. The van der Waals surface area contributed by atoms with Crippen LogP contribution in [0.3, 0.4) is 0 Å². The number of hydrogen-bond acceptors (Lipinski definition) is 7. The van der Waals surface area contributed by atoms with E-state index in [0.29, 0.717) is 19.6 Å². The van der Waals surface area contributed by atoms with Crippen LogP contribution in [0.5, 0.6) is 5.75 Å². The zero-order valence-electron chi connectivity index (χ0n) is 39.4. The van der Waals surface area contributed by atoms with Gasteiger partial charge >= 0.3 is 16.5 Å². The molecule has 12 rings (SSSR count). The van der Waals surface area contributed by atoms with Crippen LogP contribution in [0.25, 0.3) is 90.9 Å². The van der Waals surface area contributed by atoms with Crippen molar-refractivity contribution in [2.45, 2.75) is 12.0 Å². The summed E-state index contributed by atoms with van der Waals surface area (Å²) < 4.78 is 13.5. The standard InChI is InChI=1S/C63H45N7O2.Ni/c1-4-11-47(12-5-1)63(48-13-6-2-7-14-48,49-15-8-3-9-16-49)72-42-10-41-71-50-19-17-43(18-20-50)59-51-21-23-53(67-51)60(44-29-35-64-36-30-44)55-25-27-57(69-55)62(46-33-39-66-40-34-46)58-28-26-56(70-58)61(45-31-37-65-38-32-45)54-24-22-52(59)68-54;/h1-9,11-40H,10,41-42H2;/q-2;+2. The second-order valence-corrected chi connectivity index (χ2v) is 17.4. The molecule has 0 saturated carbocycles. The van der Waals surface area contributed by atoms with Gasteiger partial charge in [-0.25, -0.2) is 9.97 Å². The third-order valence-electron chi connectivity index (χ3n) is 13.1. The van der Waals surface area contributed by atoms with Crippen molar-refractivity contribution in [2.75, 3.05) is 13.2 Å². The second kappa shape index (κ2) is 20.9. The first-order valence-electron chi connectivity index (χ1n) is 24.0. The molecule has 73 heavy (non-hydrogen) atoms. The first-order valence-corrected chi connectivity index (χ1v) is 24.0. The molecule has 0 radical (unpaired) electrons. The first kappa shape index (κ1) is 46.6. The van der Waals surface area contributed by atoms with E-state index in [1.54, 1.807) is 37.2 Å². The van der Waals surface area contributed by atoms with E-state index in [9.17, 15) is 0 Å². The van der Waals surface area contributed by atoms with Gasteiger partial charge in [0.25, 0.3) is 0 Å². The van der Waals surface area contributed by atoms with Gasteiger partial charge in [-0.1, -0.05) is 127 Å². The van der Waals surface area contributed by atoms with Crippen LogP contribution in [-0.4, -0.2) is 38.1 Å². The summed E-state index contributed by atoms with van der Waals surface area (Å²) in [7, 11) is 0. The summed E-state index contributed by atoms with van der Waals surface area (Å²) in [5.74, 6) is 0.751. The fraction of sp³-hybridized carbons (Fsp3) is 0.0635. The minimum absolute atomic E-state index is 0. The van der Waals surface area contributed by atoms with Crippen molar-refractivity contribution in [3.05, 3.63) is 253 Å². The van der Waals surface area contributed by atoms with E-state index in [-0.39, 0.29) is 16.5 Å². The van der Waals surface area contributed by atoms with Gasteiger partial charge in [0.1, 0.15) is 11.4 Å². The van der Waals surface area contributed by atoms with Crippen LogP contribution < -0.4 is 14.7 Å². The summed E-state index contributed by atoms with van der Waals surface area (Å²) in [4.78, 5) is 34.5. The zero-order valence-corrected chi connectivity index (χ0v) is 40.4. The normalized spacial score (nSPS) is 11.8. The molecule has 354 valence electrons. The molecule has 0 unspecified atom stereocenters. The van der Waals surface area contributed by atoms with Gasteiger partial charge in [0.05, 0.1) is 36.0 Å². The summed E-state index contributed by atoms with van der Waals surface area (Å²) in [5, 5.41) is 0. The number of ether oxygens (including phenoxy) is 2. The number of pyridine rings is 3. The number of nitrogens with zero attached hydrogens (tertiary/aromatic N) is 7. The molecule has 0 amide bonds. The van der Waals surface area contributed by atoms with Crippen LogP contribution in [-0.2, 0) is 26.8 Å². The SMILES string of the molecule is C1=Cc2nc1c(-c1ccncc1)c1ccc([n-]1)c(-c1ccncc1)c1nc(c(-c3ccc(OCCCOC(c4ccccc4)(c4ccccc4)c4ccccc4)cc3)c3ccc([n-]3)c2-c2ccncc2)C=C1.[Ni+2]. The van der Waals surface area contributed by atoms with Crippen LogP contribution in [0, 0.1) is 0 Å². The van der Waals surface area contributed by atoms with Crippen LogP contribution in [0.1, 0.15) is 45.9 Å². The molecule has 8 heterocycles. The van der Waals surface area contributed by atoms with E-state index in [4.69, 9.17) is 29.4 Å². The Hall–Kier alpha value is -8.82. The molecule has 10 aromatic rings. The maximum Gasteiger partial charge on any atom is 2.00 e. The Morgan fingerprint density at radius 1 is 0.356 bits per heavy atom. The van der Waals surface area contributed by atoms with E-state index in [0.717, 1.165) is 112 Å². The van der Waals surface area contributed by atoms with Gasteiger partial charge in [-0.3, -0.25) is 15.0 Å².